The van der Waals surface area contributed by atoms with Gasteiger partial charge in [0, 0.05) is 10.2 Å². The van der Waals surface area contributed by atoms with Gasteiger partial charge in [-0.2, -0.15) is 0 Å². The van der Waals surface area contributed by atoms with E-state index in [4.69, 9.17) is 0 Å². The number of nitrogens with zero attached hydrogens (tertiary/aromatic N) is 2. The number of carbonyl (C=O) groups is 1. The molecule has 0 radical (unpaired) electrons. The van der Waals surface area contributed by atoms with Gasteiger partial charge in [-0.25, -0.2) is 4.98 Å². The molecule has 0 bridgehead atoms. The maximum Gasteiger partial charge on any atom is 0.235 e. The van der Waals surface area contributed by atoms with Crippen molar-refractivity contribution in [1.29, 1.82) is 0 Å². The Morgan fingerprint density at radius 3 is 2.60 bits per heavy atom. The first-order valence-electron chi connectivity index (χ1n) is 7.65. The van der Waals surface area contributed by atoms with E-state index in [2.05, 4.69) is 26.2 Å². The molecule has 0 saturated heterocycles. The zero-order chi connectivity index (χ0) is 17.4. The van der Waals surface area contributed by atoms with E-state index < -0.39 is 0 Å². The standard InChI is InChI=1S/C18H14BrN3O2S/c19-12-3-5-13(6-4-12)22-10-20-18-16(22)17(25-9-15(24)21-18)11-1-7-14(23)8-2-11/h1-8,10,17,23H,9H2,(H,21,24)/t17-/m0/s1. The Hall–Kier alpha value is -2.25. The van der Waals surface area contributed by atoms with E-state index in [-0.39, 0.29) is 16.9 Å². The first-order chi connectivity index (χ1) is 12.1. The van der Waals surface area contributed by atoms with E-state index in [1.807, 2.05) is 41.0 Å². The molecule has 2 N–H and O–H groups in total. The largest absolute Gasteiger partial charge is 0.508 e. The van der Waals surface area contributed by atoms with E-state index in [0.29, 0.717) is 11.6 Å². The number of hydrogen-bond donors (Lipinski definition) is 2. The first-order valence-corrected chi connectivity index (χ1v) is 9.49. The van der Waals surface area contributed by atoms with Crippen LogP contribution in [0, 0.1) is 0 Å². The van der Waals surface area contributed by atoms with Crippen LogP contribution in [0.1, 0.15) is 16.5 Å². The fourth-order valence-corrected chi connectivity index (χ4v) is 4.21. The molecule has 0 spiro atoms. The van der Waals surface area contributed by atoms with Gasteiger partial charge in [-0.15, -0.1) is 11.8 Å². The van der Waals surface area contributed by atoms with Gasteiger partial charge < -0.3 is 10.4 Å². The molecule has 4 rings (SSSR count). The first kappa shape index (κ1) is 16.2. The number of amides is 1. The van der Waals surface area contributed by atoms with Crippen LogP contribution in [0.4, 0.5) is 5.82 Å². The van der Waals surface area contributed by atoms with E-state index in [0.717, 1.165) is 21.4 Å². The number of carbonyl (C=O) groups excluding carboxylic acids is 1. The van der Waals surface area contributed by atoms with Crippen molar-refractivity contribution in [2.75, 3.05) is 11.1 Å². The quantitative estimate of drug-likeness (QED) is 0.660. The molecule has 2 aromatic carbocycles. The van der Waals surface area contributed by atoms with Gasteiger partial charge in [0.2, 0.25) is 5.91 Å². The second-order valence-electron chi connectivity index (χ2n) is 5.66. The number of phenols is 1. The van der Waals surface area contributed by atoms with Crippen LogP contribution in [0.2, 0.25) is 0 Å². The molecule has 1 aliphatic heterocycles. The highest BCUT2D eigenvalue weighted by atomic mass is 79.9. The van der Waals surface area contributed by atoms with Gasteiger partial charge in [0.25, 0.3) is 0 Å². The van der Waals surface area contributed by atoms with Crippen LogP contribution in [-0.4, -0.2) is 26.3 Å². The number of imidazole rings is 1. The number of benzene rings is 2. The van der Waals surface area contributed by atoms with Crippen molar-refractivity contribution < 1.29 is 9.90 Å². The molecule has 5 nitrogen and oxygen atoms in total. The highest BCUT2D eigenvalue weighted by Crippen LogP contribution is 2.42. The third-order valence-corrected chi connectivity index (χ3v) is 5.78. The van der Waals surface area contributed by atoms with Crippen LogP contribution >= 0.6 is 27.7 Å². The Kier molecular flexibility index (Phi) is 4.27. The lowest BCUT2D eigenvalue weighted by atomic mass is 10.1. The Morgan fingerprint density at radius 1 is 1.16 bits per heavy atom. The second kappa shape index (κ2) is 6.57. The van der Waals surface area contributed by atoms with E-state index in [1.165, 1.54) is 0 Å². The van der Waals surface area contributed by atoms with Crippen molar-refractivity contribution >= 4 is 39.4 Å². The van der Waals surface area contributed by atoms with E-state index in [1.54, 1.807) is 30.2 Å². The van der Waals surface area contributed by atoms with Gasteiger partial charge in [0.1, 0.15) is 12.1 Å². The normalized spacial score (nSPS) is 16.8. The number of rotatable bonds is 2. The Morgan fingerprint density at radius 2 is 1.88 bits per heavy atom. The van der Waals surface area contributed by atoms with Crippen LogP contribution in [0.3, 0.4) is 0 Å². The molecular formula is C18H14BrN3O2S. The summed E-state index contributed by atoms with van der Waals surface area (Å²) in [7, 11) is 0. The Balaban J connectivity index is 1.86. The molecule has 2 heterocycles. The fraction of sp³-hybridized carbons (Fsp3) is 0.111. The summed E-state index contributed by atoms with van der Waals surface area (Å²) in [6.45, 7) is 0. The summed E-state index contributed by atoms with van der Waals surface area (Å²) in [4.78, 5) is 16.5. The summed E-state index contributed by atoms with van der Waals surface area (Å²) in [5, 5.41) is 12.4. The molecule has 0 saturated carbocycles. The molecule has 0 fully saturated rings. The molecular weight excluding hydrogens is 402 g/mol. The monoisotopic (exact) mass is 415 g/mol. The summed E-state index contributed by atoms with van der Waals surface area (Å²) < 4.78 is 3.00. The number of aromatic hydroxyl groups is 1. The number of aromatic nitrogens is 2. The molecule has 0 aliphatic carbocycles. The molecule has 1 atom stereocenters. The van der Waals surface area contributed by atoms with Gasteiger partial charge in [-0.05, 0) is 42.0 Å². The van der Waals surface area contributed by atoms with Crippen molar-refractivity contribution in [1.82, 2.24) is 9.55 Å². The predicted molar refractivity (Wildman–Crippen MR) is 102 cm³/mol. The third kappa shape index (κ3) is 3.17. The highest BCUT2D eigenvalue weighted by Gasteiger charge is 2.29. The lowest BCUT2D eigenvalue weighted by Crippen LogP contribution is -2.12. The number of nitrogens with one attached hydrogen (secondary N) is 1. The van der Waals surface area contributed by atoms with Gasteiger partial charge >= 0.3 is 0 Å². The van der Waals surface area contributed by atoms with E-state index in [9.17, 15) is 9.90 Å². The van der Waals surface area contributed by atoms with Gasteiger partial charge in [0.15, 0.2) is 5.82 Å². The molecule has 1 aromatic heterocycles. The van der Waals surface area contributed by atoms with Crippen molar-refractivity contribution in [3.63, 3.8) is 0 Å². The van der Waals surface area contributed by atoms with Crippen molar-refractivity contribution in [2.45, 2.75) is 5.25 Å². The van der Waals surface area contributed by atoms with Crippen molar-refractivity contribution in [3.8, 4) is 11.4 Å². The minimum atomic E-state index is -0.0688. The SMILES string of the molecule is O=C1CS[C@@H](c2ccc(O)cc2)c2c(ncn2-c2ccc(Br)cc2)N1. The molecule has 25 heavy (non-hydrogen) atoms. The lowest BCUT2D eigenvalue weighted by molar-refractivity contribution is -0.113. The predicted octanol–water partition coefficient (Wildman–Crippen LogP) is 4.12. The molecule has 1 amide bonds. The van der Waals surface area contributed by atoms with E-state index >= 15 is 0 Å². The maximum atomic E-state index is 12.0. The lowest BCUT2D eigenvalue weighted by Gasteiger charge is -2.18. The molecule has 7 heteroatoms. The summed E-state index contributed by atoms with van der Waals surface area (Å²) in [6.07, 6.45) is 1.73. The fourth-order valence-electron chi connectivity index (χ4n) is 2.82. The third-order valence-electron chi connectivity index (χ3n) is 3.99. The van der Waals surface area contributed by atoms with Gasteiger partial charge in [-0.3, -0.25) is 9.36 Å². The van der Waals surface area contributed by atoms with Crippen LogP contribution in [0.5, 0.6) is 5.75 Å². The van der Waals surface area contributed by atoms with Crippen molar-refractivity contribution in [3.05, 3.63) is 70.6 Å². The van der Waals surface area contributed by atoms with Gasteiger partial charge in [-0.1, -0.05) is 28.1 Å². The Labute approximate surface area is 157 Å². The number of fused-ring (bicyclic) bond motifs is 1. The average Bonchev–Trinajstić information content (AvgIpc) is 2.93. The smallest absolute Gasteiger partial charge is 0.235 e. The summed E-state index contributed by atoms with van der Waals surface area (Å²) in [6, 6.07) is 15.0. The number of phenolic OH excluding ortho intramolecular Hbond substituents is 1. The van der Waals surface area contributed by atoms with Crippen molar-refractivity contribution in [2.24, 2.45) is 0 Å². The molecule has 1 aliphatic rings. The van der Waals surface area contributed by atoms with Crippen LogP contribution in [-0.2, 0) is 4.79 Å². The molecule has 0 unspecified atom stereocenters. The minimum absolute atomic E-state index is 0.0615. The van der Waals surface area contributed by atoms with Crippen LogP contribution < -0.4 is 5.32 Å². The second-order valence-corrected chi connectivity index (χ2v) is 7.66. The zero-order valence-electron chi connectivity index (χ0n) is 13.0. The summed E-state index contributed by atoms with van der Waals surface area (Å²) >= 11 is 5.00. The van der Waals surface area contributed by atoms with Crippen LogP contribution in [0.25, 0.3) is 5.69 Å². The number of anilines is 1. The number of hydrogen-bond acceptors (Lipinski definition) is 4. The number of thioether (sulfide) groups is 1. The summed E-state index contributed by atoms with van der Waals surface area (Å²) in [5.41, 5.74) is 2.90. The maximum absolute atomic E-state index is 12.0. The highest BCUT2D eigenvalue weighted by molar-refractivity contribution is 9.10. The molecule has 126 valence electrons. The topological polar surface area (TPSA) is 67.1 Å². The average molecular weight is 416 g/mol. The summed E-state index contributed by atoms with van der Waals surface area (Å²) in [5.74, 6) is 1.09. The van der Waals surface area contributed by atoms with Gasteiger partial charge in [0.05, 0.1) is 16.7 Å². The Bertz CT molecular complexity index is 922. The molecule has 3 aromatic rings. The van der Waals surface area contributed by atoms with Crippen LogP contribution in [0.15, 0.2) is 59.3 Å². The zero-order valence-corrected chi connectivity index (χ0v) is 15.4. The minimum Gasteiger partial charge on any atom is -0.508 e. The number of halogens is 1.